The van der Waals surface area contributed by atoms with Gasteiger partial charge >= 0.3 is 6.03 Å². The molecule has 2 N–H and O–H groups in total. The Morgan fingerprint density at radius 2 is 1.71 bits per heavy atom. The molecule has 0 heterocycles. The second-order valence-corrected chi connectivity index (χ2v) is 7.89. The molecular weight excluding hydrogens is 392 g/mol. The highest BCUT2D eigenvalue weighted by molar-refractivity contribution is 8.13. The number of hydrogen-bond acceptors (Lipinski definition) is 4. The second kappa shape index (κ2) is 10.9. The lowest BCUT2D eigenvalue weighted by atomic mass is 9.99. The fourth-order valence-corrected chi connectivity index (χ4v) is 3.67. The highest BCUT2D eigenvalue weighted by Crippen LogP contribution is 2.17. The molecule has 2 aromatic rings. The lowest BCUT2D eigenvalue weighted by Gasteiger charge is -2.12. The number of thioether (sulfide) groups is 1. The number of amidine groups is 1. The van der Waals surface area contributed by atoms with Crippen molar-refractivity contribution < 1.29 is 4.79 Å². The highest BCUT2D eigenvalue weighted by atomic mass is 35.5. The minimum Gasteiger partial charge on any atom is -0.308 e. The largest absolute Gasteiger partial charge is 0.325 e. The number of nitrogens with one attached hydrogen (secondary N) is 2. The number of hydrogen-bond donors (Lipinski definition) is 2. The van der Waals surface area contributed by atoms with Crippen molar-refractivity contribution >= 4 is 46.0 Å². The summed E-state index contributed by atoms with van der Waals surface area (Å²) in [5.41, 5.74) is 2.92. The van der Waals surface area contributed by atoms with E-state index in [0.717, 1.165) is 37.0 Å². The minimum atomic E-state index is -0.356. The van der Waals surface area contributed by atoms with Gasteiger partial charge in [0, 0.05) is 22.2 Å². The van der Waals surface area contributed by atoms with Crippen LogP contribution in [0.15, 0.2) is 64.8 Å². The molecule has 146 valence electrons. The van der Waals surface area contributed by atoms with E-state index in [2.05, 4.69) is 20.8 Å². The first-order valence-corrected chi connectivity index (χ1v) is 10.7. The SMILES string of the molecule is O=C(N/C(=N\N=C1CCCCC1)SCc1ccccc1)Nc1ccc(Cl)cc1. The minimum absolute atomic E-state index is 0.356. The summed E-state index contributed by atoms with van der Waals surface area (Å²) in [6.45, 7) is 0. The predicted molar refractivity (Wildman–Crippen MR) is 119 cm³/mol. The molecule has 0 unspecified atom stereocenters. The number of anilines is 1. The maximum absolute atomic E-state index is 12.4. The predicted octanol–water partition coefficient (Wildman–Crippen LogP) is 6.07. The van der Waals surface area contributed by atoms with E-state index in [1.165, 1.54) is 18.2 Å². The molecule has 0 atom stereocenters. The molecule has 0 aromatic heterocycles. The summed E-state index contributed by atoms with van der Waals surface area (Å²) in [4.78, 5) is 12.4. The third kappa shape index (κ3) is 7.02. The maximum Gasteiger partial charge on any atom is 0.325 e. The Morgan fingerprint density at radius 3 is 2.43 bits per heavy atom. The van der Waals surface area contributed by atoms with Gasteiger partial charge in [-0.2, -0.15) is 5.10 Å². The lowest BCUT2D eigenvalue weighted by Crippen LogP contribution is -2.32. The van der Waals surface area contributed by atoms with E-state index in [-0.39, 0.29) is 6.03 Å². The van der Waals surface area contributed by atoms with Gasteiger partial charge in [-0.3, -0.25) is 5.32 Å². The maximum atomic E-state index is 12.4. The van der Waals surface area contributed by atoms with E-state index in [9.17, 15) is 4.79 Å². The topological polar surface area (TPSA) is 65.8 Å². The molecule has 2 aromatic carbocycles. The molecule has 1 saturated carbocycles. The molecule has 0 aliphatic heterocycles. The van der Waals surface area contributed by atoms with Gasteiger partial charge in [-0.15, -0.1) is 5.10 Å². The quantitative estimate of drug-likeness (QED) is 0.362. The van der Waals surface area contributed by atoms with Crippen molar-refractivity contribution in [2.24, 2.45) is 10.2 Å². The Hall–Kier alpha value is -2.31. The van der Waals surface area contributed by atoms with E-state index in [1.54, 1.807) is 24.3 Å². The summed E-state index contributed by atoms with van der Waals surface area (Å²) < 4.78 is 0. The normalized spacial score (nSPS) is 14.5. The van der Waals surface area contributed by atoms with Gasteiger partial charge in [0.2, 0.25) is 0 Å². The average Bonchev–Trinajstić information content (AvgIpc) is 2.73. The van der Waals surface area contributed by atoms with Crippen LogP contribution in [0.3, 0.4) is 0 Å². The van der Waals surface area contributed by atoms with E-state index in [1.807, 2.05) is 30.3 Å². The van der Waals surface area contributed by atoms with Crippen LogP contribution in [-0.2, 0) is 5.75 Å². The van der Waals surface area contributed by atoms with E-state index in [4.69, 9.17) is 11.6 Å². The van der Waals surface area contributed by atoms with Gasteiger partial charge in [0.15, 0.2) is 5.17 Å². The number of nitrogens with zero attached hydrogens (tertiary/aromatic N) is 2. The van der Waals surface area contributed by atoms with Crippen molar-refractivity contribution in [3.05, 3.63) is 65.2 Å². The molecule has 0 radical (unpaired) electrons. The Balaban J connectivity index is 1.65. The number of urea groups is 1. The third-order valence-corrected chi connectivity index (χ3v) is 5.44. The smallest absolute Gasteiger partial charge is 0.308 e. The summed E-state index contributed by atoms with van der Waals surface area (Å²) in [5, 5.41) is 15.4. The summed E-state index contributed by atoms with van der Waals surface area (Å²) in [5.74, 6) is 0.700. The van der Waals surface area contributed by atoms with Gasteiger partial charge in [0.05, 0.1) is 0 Å². The zero-order chi connectivity index (χ0) is 19.6. The van der Waals surface area contributed by atoms with Gasteiger partial charge in [-0.1, -0.05) is 60.1 Å². The number of benzene rings is 2. The molecule has 7 heteroatoms. The Morgan fingerprint density at radius 1 is 1.00 bits per heavy atom. The fourth-order valence-electron chi connectivity index (χ4n) is 2.78. The van der Waals surface area contributed by atoms with Crippen LogP contribution in [0.5, 0.6) is 0 Å². The van der Waals surface area contributed by atoms with E-state index in [0.29, 0.717) is 21.6 Å². The summed E-state index contributed by atoms with van der Waals surface area (Å²) >= 11 is 7.34. The monoisotopic (exact) mass is 414 g/mol. The van der Waals surface area contributed by atoms with Gasteiger partial charge in [0.25, 0.3) is 0 Å². The van der Waals surface area contributed by atoms with Crippen LogP contribution in [0.4, 0.5) is 10.5 Å². The first-order chi connectivity index (χ1) is 13.7. The second-order valence-electron chi connectivity index (χ2n) is 6.49. The molecule has 1 fully saturated rings. The Kier molecular flexibility index (Phi) is 7.94. The molecule has 1 aliphatic rings. The number of rotatable bonds is 4. The van der Waals surface area contributed by atoms with Gasteiger partial charge < -0.3 is 5.32 Å². The standard InChI is InChI=1S/C21H23ClN4OS/c22-17-11-13-18(14-12-17)23-20(27)24-21(26-25-19-9-5-2-6-10-19)28-15-16-7-3-1-4-8-16/h1,3-4,7-8,11-14H,2,5-6,9-10,15H2,(H2,23,24,26,27). The number of carbonyl (C=O) groups excluding carboxylic acids is 1. The molecule has 5 nitrogen and oxygen atoms in total. The van der Waals surface area contributed by atoms with Gasteiger partial charge in [0.1, 0.15) is 0 Å². The van der Waals surface area contributed by atoms with Gasteiger partial charge in [-0.25, -0.2) is 4.79 Å². The van der Waals surface area contributed by atoms with Gasteiger partial charge in [-0.05, 0) is 55.5 Å². The fraction of sp³-hybridized carbons (Fsp3) is 0.286. The molecule has 0 spiro atoms. The van der Waals surface area contributed by atoms with E-state index < -0.39 is 0 Å². The van der Waals surface area contributed by atoms with Crippen molar-refractivity contribution in [1.82, 2.24) is 5.32 Å². The lowest BCUT2D eigenvalue weighted by molar-refractivity contribution is 0.256. The van der Waals surface area contributed by atoms with Crippen LogP contribution in [0.25, 0.3) is 0 Å². The summed E-state index contributed by atoms with van der Waals surface area (Å²) in [6.07, 6.45) is 5.53. The zero-order valence-corrected chi connectivity index (χ0v) is 17.1. The van der Waals surface area contributed by atoms with Crippen molar-refractivity contribution in [1.29, 1.82) is 0 Å². The van der Waals surface area contributed by atoms with E-state index >= 15 is 0 Å². The first-order valence-electron chi connectivity index (χ1n) is 9.33. The molecule has 1 aliphatic carbocycles. The van der Waals surface area contributed by atoms with Crippen LogP contribution in [0.2, 0.25) is 5.02 Å². The number of halogens is 1. The van der Waals surface area contributed by atoms with Crippen LogP contribution in [0.1, 0.15) is 37.7 Å². The summed E-state index contributed by atoms with van der Waals surface area (Å²) in [7, 11) is 0. The Bertz CT molecular complexity index is 829. The van der Waals surface area contributed by atoms with Crippen molar-refractivity contribution in [3.8, 4) is 0 Å². The highest BCUT2D eigenvalue weighted by Gasteiger charge is 2.10. The van der Waals surface area contributed by atoms with Crippen LogP contribution in [0, 0.1) is 0 Å². The molecule has 28 heavy (non-hydrogen) atoms. The molecule has 0 bridgehead atoms. The number of amides is 2. The van der Waals surface area contributed by atoms with Crippen molar-refractivity contribution in [3.63, 3.8) is 0 Å². The molecular formula is C21H23ClN4OS. The first kappa shape index (κ1) is 20.4. The Labute approximate surface area is 174 Å². The number of carbonyl (C=O) groups is 1. The van der Waals surface area contributed by atoms with Crippen LogP contribution < -0.4 is 10.6 Å². The summed E-state index contributed by atoms with van der Waals surface area (Å²) in [6, 6.07) is 16.7. The molecule has 3 rings (SSSR count). The van der Waals surface area contributed by atoms with Crippen LogP contribution >= 0.6 is 23.4 Å². The molecule has 0 saturated heterocycles. The zero-order valence-electron chi connectivity index (χ0n) is 15.5. The van der Waals surface area contributed by atoms with Crippen molar-refractivity contribution in [2.45, 2.75) is 37.9 Å². The third-order valence-electron chi connectivity index (χ3n) is 4.25. The average molecular weight is 415 g/mol. The molecule has 2 amide bonds. The van der Waals surface area contributed by atoms with Crippen molar-refractivity contribution in [2.75, 3.05) is 5.32 Å². The van der Waals surface area contributed by atoms with Crippen LogP contribution in [-0.4, -0.2) is 16.9 Å².